The first kappa shape index (κ1) is 16.9. The zero-order valence-corrected chi connectivity index (χ0v) is 12.1. The first-order chi connectivity index (χ1) is 9.82. The number of carboxylic acids is 1. The van der Waals surface area contributed by atoms with Crippen molar-refractivity contribution in [1.82, 2.24) is 5.32 Å². The number of hydrogen-bond donors (Lipinski definition) is 2. The summed E-state index contributed by atoms with van der Waals surface area (Å²) in [4.78, 5) is 32.7. The minimum absolute atomic E-state index is 0.000522. The highest BCUT2D eigenvalue weighted by atomic mass is 35.5. The summed E-state index contributed by atoms with van der Waals surface area (Å²) in [6, 6.07) is 3.69. The standard InChI is InChI=1S/C13H15ClN2O5/c1-8(4-2-7-11(17)18)15-13(19)12-9(14)5-3-6-10(12)16(20)21/h3,5-6,8H,2,4,7H2,1H3,(H,15,19)(H,17,18). The summed E-state index contributed by atoms with van der Waals surface area (Å²) in [7, 11) is 0. The van der Waals surface area contributed by atoms with E-state index in [2.05, 4.69) is 5.32 Å². The molecule has 0 heterocycles. The van der Waals surface area contributed by atoms with E-state index in [4.69, 9.17) is 16.7 Å². The van der Waals surface area contributed by atoms with Crippen LogP contribution in [0.3, 0.4) is 0 Å². The molecule has 1 aromatic rings. The molecule has 0 aliphatic heterocycles. The number of nitro benzene ring substituents is 1. The van der Waals surface area contributed by atoms with Gasteiger partial charge in [-0.1, -0.05) is 17.7 Å². The molecule has 2 N–H and O–H groups in total. The third kappa shape index (κ3) is 5.03. The number of aliphatic carboxylic acids is 1. The van der Waals surface area contributed by atoms with Gasteiger partial charge in [0.25, 0.3) is 11.6 Å². The van der Waals surface area contributed by atoms with Crippen LogP contribution in [0.4, 0.5) is 5.69 Å². The van der Waals surface area contributed by atoms with Gasteiger partial charge in [0.2, 0.25) is 0 Å². The number of benzene rings is 1. The van der Waals surface area contributed by atoms with Crippen molar-refractivity contribution in [2.75, 3.05) is 0 Å². The highest BCUT2D eigenvalue weighted by Crippen LogP contribution is 2.26. The van der Waals surface area contributed by atoms with Crippen LogP contribution in [0.5, 0.6) is 0 Å². The molecule has 1 unspecified atom stereocenters. The summed E-state index contributed by atoms with van der Waals surface area (Å²) >= 11 is 5.85. The fourth-order valence-corrected chi connectivity index (χ4v) is 2.07. The Bertz CT molecular complexity index is 561. The van der Waals surface area contributed by atoms with Crippen LogP contribution < -0.4 is 5.32 Å². The van der Waals surface area contributed by atoms with Crippen molar-refractivity contribution in [2.45, 2.75) is 32.2 Å². The smallest absolute Gasteiger partial charge is 0.303 e. The van der Waals surface area contributed by atoms with Crippen molar-refractivity contribution >= 4 is 29.2 Å². The molecule has 8 heteroatoms. The number of nitro groups is 1. The molecule has 0 aliphatic carbocycles. The highest BCUT2D eigenvalue weighted by molar-refractivity contribution is 6.34. The molecule has 0 aromatic heterocycles. The average molecular weight is 315 g/mol. The number of carbonyl (C=O) groups is 2. The minimum Gasteiger partial charge on any atom is -0.481 e. The predicted molar refractivity (Wildman–Crippen MR) is 76.5 cm³/mol. The number of carbonyl (C=O) groups excluding carboxylic acids is 1. The molecule has 0 saturated heterocycles. The SMILES string of the molecule is CC(CCCC(=O)O)NC(=O)c1c(Cl)cccc1[N+](=O)[O-]. The number of amides is 1. The fourth-order valence-electron chi connectivity index (χ4n) is 1.82. The molecule has 7 nitrogen and oxygen atoms in total. The van der Waals surface area contributed by atoms with Crippen molar-refractivity contribution in [2.24, 2.45) is 0 Å². The Kier molecular flexibility index (Phi) is 6.10. The molecule has 1 amide bonds. The summed E-state index contributed by atoms with van der Waals surface area (Å²) in [6.07, 6.45) is 0.865. The first-order valence-electron chi connectivity index (χ1n) is 6.28. The fraction of sp³-hybridized carbons (Fsp3) is 0.385. The lowest BCUT2D eigenvalue weighted by Crippen LogP contribution is -2.33. The van der Waals surface area contributed by atoms with E-state index in [0.29, 0.717) is 12.8 Å². The summed E-state index contributed by atoms with van der Waals surface area (Å²) in [5.74, 6) is -1.55. The van der Waals surface area contributed by atoms with Gasteiger partial charge in [0.15, 0.2) is 0 Å². The maximum Gasteiger partial charge on any atom is 0.303 e. The topological polar surface area (TPSA) is 110 Å². The van der Waals surface area contributed by atoms with E-state index in [0.717, 1.165) is 0 Å². The largest absolute Gasteiger partial charge is 0.481 e. The van der Waals surface area contributed by atoms with Crippen LogP contribution in [0.2, 0.25) is 5.02 Å². The van der Waals surface area contributed by atoms with Crippen molar-refractivity contribution in [1.29, 1.82) is 0 Å². The van der Waals surface area contributed by atoms with Gasteiger partial charge in [-0.15, -0.1) is 0 Å². The summed E-state index contributed by atoms with van der Waals surface area (Å²) < 4.78 is 0. The van der Waals surface area contributed by atoms with Crippen LogP contribution in [0, 0.1) is 10.1 Å². The third-order valence-corrected chi connectivity index (χ3v) is 3.14. The van der Waals surface area contributed by atoms with Crippen LogP contribution >= 0.6 is 11.6 Å². The lowest BCUT2D eigenvalue weighted by Gasteiger charge is -2.14. The van der Waals surface area contributed by atoms with Gasteiger partial charge in [-0.25, -0.2) is 0 Å². The van der Waals surface area contributed by atoms with Crippen molar-refractivity contribution in [3.05, 3.63) is 38.9 Å². The number of nitrogens with zero attached hydrogens (tertiary/aromatic N) is 1. The number of carboxylic acid groups (broad SMARTS) is 1. The van der Waals surface area contributed by atoms with Gasteiger partial charge in [-0.05, 0) is 25.8 Å². The van der Waals surface area contributed by atoms with Crippen molar-refractivity contribution in [3.63, 3.8) is 0 Å². The van der Waals surface area contributed by atoms with Gasteiger partial charge in [0.05, 0.1) is 9.95 Å². The Hall–Kier alpha value is -2.15. The van der Waals surface area contributed by atoms with Crippen LogP contribution in [0.15, 0.2) is 18.2 Å². The van der Waals surface area contributed by atoms with Gasteiger partial charge in [-0.3, -0.25) is 19.7 Å². The van der Waals surface area contributed by atoms with Crippen molar-refractivity contribution < 1.29 is 19.6 Å². The minimum atomic E-state index is -0.907. The van der Waals surface area contributed by atoms with Crippen LogP contribution in [0.25, 0.3) is 0 Å². The molecule has 0 aliphatic rings. The second-order valence-electron chi connectivity index (χ2n) is 4.55. The molecule has 1 atom stereocenters. The number of nitrogens with one attached hydrogen (secondary N) is 1. The quantitative estimate of drug-likeness (QED) is 0.594. The Morgan fingerprint density at radius 2 is 2.14 bits per heavy atom. The number of rotatable bonds is 7. The Labute approximate surface area is 126 Å². The molecule has 0 radical (unpaired) electrons. The Morgan fingerprint density at radius 3 is 2.71 bits per heavy atom. The van der Waals surface area contributed by atoms with E-state index >= 15 is 0 Å². The van der Waals surface area contributed by atoms with Crippen LogP contribution in [-0.2, 0) is 4.79 Å². The lowest BCUT2D eigenvalue weighted by atomic mass is 10.1. The monoisotopic (exact) mass is 314 g/mol. The molecule has 0 fully saturated rings. The van der Waals surface area contributed by atoms with Crippen LogP contribution in [-0.4, -0.2) is 27.9 Å². The summed E-state index contributed by atoms with van der Waals surface area (Å²) in [6.45, 7) is 1.70. The number of hydrogen-bond acceptors (Lipinski definition) is 4. The zero-order valence-electron chi connectivity index (χ0n) is 11.3. The van der Waals surface area contributed by atoms with Gasteiger partial charge in [0, 0.05) is 18.5 Å². The Morgan fingerprint density at radius 1 is 1.48 bits per heavy atom. The molecule has 21 heavy (non-hydrogen) atoms. The maximum absolute atomic E-state index is 12.1. The summed E-state index contributed by atoms with van der Waals surface area (Å²) in [5.41, 5.74) is -0.549. The maximum atomic E-state index is 12.1. The van der Waals surface area contributed by atoms with E-state index in [1.165, 1.54) is 18.2 Å². The van der Waals surface area contributed by atoms with Crippen molar-refractivity contribution in [3.8, 4) is 0 Å². The molecule has 0 spiro atoms. The van der Waals surface area contributed by atoms with Gasteiger partial charge < -0.3 is 10.4 Å². The van der Waals surface area contributed by atoms with E-state index in [1.807, 2.05) is 0 Å². The van der Waals surface area contributed by atoms with Crippen LogP contribution in [0.1, 0.15) is 36.5 Å². The number of halogens is 1. The van der Waals surface area contributed by atoms with Gasteiger partial charge in [0.1, 0.15) is 5.56 Å². The van der Waals surface area contributed by atoms with E-state index in [9.17, 15) is 19.7 Å². The molecule has 0 saturated carbocycles. The molecule has 1 rings (SSSR count). The second-order valence-corrected chi connectivity index (χ2v) is 4.96. The third-order valence-electron chi connectivity index (χ3n) is 2.82. The van der Waals surface area contributed by atoms with E-state index in [-0.39, 0.29) is 28.7 Å². The van der Waals surface area contributed by atoms with E-state index in [1.54, 1.807) is 6.92 Å². The molecular weight excluding hydrogens is 300 g/mol. The van der Waals surface area contributed by atoms with Gasteiger partial charge in [-0.2, -0.15) is 0 Å². The average Bonchev–Trinajstić information content (AvgIpc) is 2.37. The molecule has 1 aromatic carbocycles. The normalized spacial score (nSPS) is 11.7. The molecule has 114 valence electrons. The molecule has 0 bridgehead atoms. The highest BCUT2D eigenvalue weighted by Gasteiger charge is 2.24. The Balaban J connectivity index is 2.76. The van der Waals surface area contributed by atoms with E-state index < -0.39 is 16.8 Å². The first-order valence-corrected chi connectivity index (χ1v) is 6.66. The second kappa shape index (κ2) is 7.58. The summed E-state index contributed by atoms with van der Waals surface area (Å²) in [5, 5.41) is 22.0. The zero-order chi connectivity index (χ0) is 16.0. The lowest BCUT2D eigenvalue weighted by molar-refractivity contribution is -0.385. The van der Waals surface area contributed by atoms with Gasteiger partial charge >= 0.3 is 5.97 Å². The predicted octanol–water partition coefficient (Wildman–Crippen LogP) is 2.62. The molecular formula is C13H15ClN2O5.